The second kappa shape index (κ2) is 6.95. The van der Waals surface area contributed by atoms with Crippen LogP contribution in [0.25, 0.3) is 11.3 Å². The molecule has 0 radical (unpaired) electrons. The first kappa shape index (κ1) is 15.7. The number of benzene rings is 1. The third-order valence-electron chi connectivity index (χ3n) is 4.45. The lowest BCUT2D eigenvalue weighted by atomic mass is 10.1. The average Bonchev–Trinajstić information content (AvgIpc) is 3.26. The van der Waals surface area contributed by atoms with Gasteiger partial charge < -0.3 is 10.4 Å². The molecule has 2 aromatic rings. The number of hydrogen-bond acceptors (Lipinski definition) is 4. The minimum absolute atomic E-state index is 0.101. The molecule has 2 N–H and O–H groups in total. The fraction of sp³-hybridized carbons (Fsp3) is 0.444. The lowest BCUT2D eigenvalue weighted by molar-refractivity contribution is 0.207. The predicted molar refractivity (Wildman–Crippen MR) is 88.4 cm³/mol. The molecule has 5 heteroatoms. The van der Waals surface area contributed by atoms with Crippen LogP contribution in [0.5, 0.6) is 0 Å². The predicted octanol–water partition coefficient (Wildman–Crippen LogP) is 2.33. The number of aryl methyl sites for hydroxylation is 1. The van der Waals surface area contributed by atoms with Gasteiger partial charge in [-0.15, -0.1) is 0 Å². The molecule has 0 atom stereocenters. The Morgan fingerprint density at radius 2 is 2.09 bits per heavy atom. The van der Waals surface area contributed by atoms with Gasteiger partial charge in [-0.3, -0.25) is 4.68 Å². The fourth-order valence-corrected chi connectivity index (χ4v) is 2.74. The third kappa shape index (κ3) is 3.79. The quantitative estimate of drug-likeness (QED) is 0.785. The lowest BCUT2D eigenvalue weighted by Gasteiger charge is -2.12. The first-order valence-corrected chi connectivity index (χ1v) is 8.07. The maximum absolute atomic E-state index is 9.40. The fourth-order valence-electron chi connectivity index (χ4n) is 2.74. The van der Waals surface area contributed by atoms with E-state index in [1.54, 1.807) is 0 Å². The van der Waals surface area contributed by atoms with E-state index in [-0.39, 0.29) is 12.0 Å². The van der Waals surface area contributed by atoms with Crippen molar-refractivity contribution in [1.29, 1.82) is 5.26 Å². The smallest absolute Gasteiger partial charge is 0.0968 e. The van der Waals surface area contributed by atoms with Crippen molar-refractivity contribution in [2.75, 3.05) is 13.2 Å². The summed E-state index contributed by atoms with van der Waals surface area (Å²) in [7, 11) is 0. The van der Waals surface area contributed by atoms with E-state index < -0.39 is 0 Å². The van der Waals surface area contributed by atoms with Crippen molar-refractivity contribution < 1.29 is 5.11 Å². The Bertz CT molecular complexity index is 683. The Labute approximate surface area is 136 Å². The van der Waals surface area contributed by atoms with E-state index in [0.717, 1.165) is 42.8 Å². The maximum atomic E-state index is 9.40. The van der Waals surface area contributed by atoms with Crippen molar-refractivity contribution in [1.82, 2.24) is 15.1 Å². The molecule has 5 nitrogen and oxygen atoms in total. The Balaban J connectivity index is 1.74. The molecular weight excluding hydrogens is 288 g/mol. The minimum Gasteiger partial charge on any atom is -0.396 e. The van der Waals surface area contributed by atoms with Crippen LogP contribution in [-0.4, -0.2) is 28.0 Å². The van der Waals surface area contributed by atoms with Crippen LogP contribution < -0.4 is 5.32 Å². The number of nitriles is 1. The molecule has 1 aliphatic carbocycles. The summed E-state index contributed by atoms with van der Waals surface area (Å²) in [5.41, 5.74) is 3.28. The SMILES string of the molecule is N#CCCn1cc(CNCC2(CO)CC2)c(-c2ccccc2)n1. The van der Waals surface area contributed by atoms with Gasteiger partial charge in [-0.1, -0.05) is 30.3 Å². The van der Waals surface area contributed by atoms with E-state index in [0.29, 0.717) is 13.0 Å². The number of hydrogen-bond donors (Lipinski definition) is 2. The molecular formula is C18H22N4O. The first-order valence-electron chi connectivity index (χ1n) is 8.07. The van der Waals surface area contributed by atoms with Crippen molar-refractivity contribution in [3.63, 3.8) is 0 Å². The number of aromatic nitrogens is 2. The van der Waals surface area contributed by atoms with Gasteiger partial charge in [0.1, 0.15) is 0 Å². The number of aliphatic hydroxyl groups excluding tert-OH is 1. The second-order valence-electron chi connectivity index (χ2n) is 6.30. The number of rotatable bonds is 8. The standard InChI is InChI=1S/C18H22N4O/c19-9-4-10-22-12-16(11-20-13-18(14-23)7-8-18)17(21-22)15-5-2-1-3-6-15/h1-3,5-6,12,20,23H,4,7-8,10-11,13-14H2. The molecule has 0 unspecified atom stereocenters. The van der Waals surface area contributed by atoms with E-state index in [2.05, 4.69) is 28.6 Å². The van der Waals surface area contributed by atoms with Crippen LogP contribution in [0.3, 0.4) is 0 Å². The van der Waals surface area contributed by atoms with Crippen LogP contribution in [-0.2, 0) is 13.1 Å². The molecule has 120 valence electrons. The number of aliphatic hydroxyl groups is 1. The molecule has 1 fully saturated rings. The monoisotopic (exact) mass is 310 g/mol. The van der Waals surface area contributed by atoms with Crippen LogP contribution in [0.2, 0.25) is 0 Å². The van der Waals surface area contributed by atoms with Crippen molar-refractivity contribution in [2.24, 2.45) is 5.41 Å². The van der Waals surface area contributed by atoms with E-state index in [1.165, 1.54) is 0 Å². The Morgan fingerprint density at radius 3 is 2.74 bits per heavy atom. The highest BCUT2D eigenvalue weighted by Gasteiger charge is 2.41. The molecule has 0 aliphatic heterocycles. The molecule has 1 aromatic heterocycles. The largest absolute Gasteiger partial charge is 0.396 e. The first-order chi connectivity index (χ1) is 11.3. The Morgan fingerprint density at radius 1 is 1.30 bits per heavy atom. The molecule has 0 bridgehead atoms. The molecule has 0 amide bonds. The molecule has 1 aromatic carbocycles. The maximum Gasteiger partial charge on any atom is 0.0968 e. The topological polar surface area (TPSA) is 73.9 Å². The lowest BCUT2D eigenvalue weighted by Crippen LogP contribution is -2.26. The molecule has 1 heterocycles. The van der Waals surface area contributed by atoms with E-state index in [1.807, 2.05) is 29.1 Å². The van der Waals surface area contributed by atoms with Crippen molar-refractivity contribution in [2.45, 2.75) is 32.4 Å². The van der Waals surface area contributed by atoms with Crippen molar-refractivity contribution in [3.05, 3.63) is 42.1 Å². The second-order valence-corrected chi connectivity index (χ2v) is 6.30. The van der Waals surface area contributed by atoms with Gasteiger partial charge in [-0.25, -0.2) is 0 Å². The van der Waals surface area contributed by atoms with Crippen molar-refractivity contribution >= 4 is 0 Å². The van der Waals surface area contributed by atoms with Gasteiger partial charge in [0, 0.05) is 42.4 Å². The van der Waals surface area contributed by atoms with Gasteiger partial charge in [0.15, 0.2) is 0 Å². The minimum atomic E-state index is 0.101. The Kier molecular flexibility index (Phi) is 4.75. The van der Waals surface area contributed by atoms with Gasteiger partial charge in [-0.05, 0) is 12.8 Å². The normalized spacial score (nSPS) is 15.3. The van der Waals surface area contributed by atoms with E-state index in [9.17, 15) is 5.11 Å². The summed E-state index contributed by atoms with van der Waals surface area (Å²) < 4.78 is 1.85. The zero-order valence-electron chi connectivity index (χ0n) is 13.2. The van der Waals surface area contributed by atoms with Gasteiger partial charge >= 0.3 is 0 Å². The zero-order chi connectivity index (χ0) is 16.1. The highest BCUT2D eigenvalue weighted by atomic mass is 16.3. The van der Waals surface area contributed by atoms with Crippen LogP contribution in [0, 0.1) is 16.7 Å². The molecule has 0 spiro atoms. The van der Waals surface area contributed by atoms with Gasteiger partial charge in [0.2, 0.25) is 0 Å². The molecule has 0 saturated heterocycles. The number of nitrogens with one attached hydrogen (secondary N) is 1. The summed E-state index contributed by atoms with van der Waals surface area (Å²) in [6.45, 7) is 2.42. The van der Waals surface area contributed by atoms with E-state index in [4.69, 9.17) is 5.26 Å². The van der Waals surface area contributed by atoms with E-state index >= 15 is 0 Å². The summed E-state index contributed by atoms with van der Waals surface area (Å²) in [6.07, 6.45) is 4.68. The Hall–Kier alpha value is -2.16. The zero-order valence-corrected chi connectivity index (χ0v) is 13.2. The van der Waals surface area contributed by atoms with Crippen LogP contribution >= 0.6 is 0 Å². The van der Waals surface area contributed by atoms with Crippen LogP contribution in [0.15, 0.2) is 36.5 Å². The van der Waals surface area contributed by atoms with Crippen LogP contribution in [0.4, 0.5) is 0 Å². The highest BCUT2D eigenvalue weighted by molar-refractivity contribution is 5.62. The third-order valence-corrected chi connectivity index (χ3v) is 4.45. The highest BCUT2D eigenvalue weighted by Crippen LogP contribution is 2.44. The molecule has 1 aliphatic rings. The summed E-state index contributed by atoms with van der Waals surface area (Å²) in [6, 6.07) is 12.3. The van der Waals surface area contributed by atoms with Gasteiger partial charge in [-0.2, -0.15) is 10.4 Å². The molecule has 3 rings (SSSR count). The van der Waals surface area contributed by atoms with Gasteiger partial charge in [0.25, 0.3) is 0 Å². The number of nitrogens with zero attached hydrogens (tertiary/aromatic N) is 3. The summed E-state index contributed by atoms with van der Waals surface area (Å²) in [5, 5.41) is 26.3. The molecule has 23 heavy (non-hydrogen) atoms. The van der Waals surface area contributed by atoms with Crippen molar-refractivity contribution in [3.8, 4) is 17.3 Å². The van der Waals surface area contributed by atoms with Gasteiger partial charge in [0.05, 0.1) is 24.7 Å². The summed E-state index contributed by atoms with van der Waals surface area (Å²) in [4.78, 5) is 0. The summed E-state index contributed by atoms with van der Waals surface area (Å²) >= 11 is 0. The molecule has 1 saturated carbocycles. The summed E-state index contributed by atoms with van der Waals surface area (Å²) in [5.74, 6) is 0. The average molecular weight is 310 g/mol. The van der Waals surface area contributed by atoms with Crippen LogP contribution in [0.1, 0.15) is 24.8 Å².